The van der Waals surface area contributed by atoms with Crippen molar-refractivity contribution in [1.29, 1.82) is 0 Å². The number of anilines is 1. The quantitative estimate of drug-likeness (QED) is 0.674. The molecule has 0 aliphatic heterocycles. The van der Waals surface area contributed by atoms with Crippen molar-refractivity contribution in [3.05, 3.63) is 63.1 Å². The molecule has 3 aromatic rings. The summed E-state index contributed by atoms with van der Waals surface area (Å²) in [6.07, 6.45) is 0. The zero-order chi connectivity index (χ0) is 14.7. The first-order valence-electron chi connectivity index (χ1n) is 6.58. The number of aromatic nitrogens is 2. The normalized spacial score (nSPS) is 10.6. The molecule has 0 aliphatic carbocycles. The van der Waals surface area contributed by atoms with Gasteiger partial charge in [-0.05, 0) is 47.1 Å². The molecule has 2 aromatic heterocycles. The lowest BCUT2D eigenvalue weighted by Crippen LogP contribution is -2.01. The van der Waals surface area contributed by atoms with E-state index in [4.69, 9.17) is 0 Å². The number of hydrogen-bond acceptors (Lipinski definition) is 4. The SMILES string of the molecule is Cc1nc(-c2cccc(NCc3cccc(Br)n3)c2)cs1. The van der Waals surface area contributed by atoms with Gasteiger partial charge in [0.05, 0.1) is 22.9 Å². The van der Waals surface area contributed by atoms with E-state index in [9.17, 15) is 0 Å². The Hall–Kier alpha value is -1.72. The molecule has 0 saturated heterocycles. The summed E-state index contributed by atoms with van der Waals surface area (Å²) in [7, 11) is 0. The van der Waals surface area contributed by atoms with Crippen LogP contribution in [0.25, 0.3) is 11.3 Å². The molecule has 0 spiro atoms. The highest BCUT2D eigenvalue weighted by Gasteiger charge is 2.03. The first-order valence-corrected chi connectivity index (χ1v) is 8.26. The van der Waals surface area contributed by atoms with Gasteiger partial charge in [0.15, 0.2) is 0 Å². The van der Waals surface area contributed by atoms with Crippen molar-refractivity contribution < 1.29 is 0 Å². The van der Waals surface area contributed by atoms with Crippen LogP contribution in [0.3, 0.4) is 0 Å². The molecule has 3 rings (SSSR count). The van der Waals surface area contributed by atoms with Crippen molar-refractivity contribution in [1.82, 2.24) is 9.97 Å². The van der Waals surface area contributed by atoms with E-state index in [1.165, 1.54) is 0 Å². The molecule has 2 heterocycles. The topological polar surface area (TPSA) is 37.8 Å². The molecule has 1 N–H and O–H groups in total. The fraction of sp³-hybridized carbons (Fsp3) is 0.125. The molecule has 106 valence electrons. The molecule has 1 aromatic carbocycles. The lowest BCUT2D eigenvalue weighted by atomic mass is 10.1. The van der Waals surface area contributed by atoms with Gasteiger partial charge in [0, 0.05) is 16.6 Å². The summed E-state index contributed by atoms with van der Waals surface area (Å²) < 4.78 is 0.855. The Bertz CT molecular complexity index is 755. The third-order valence-electron chi connectivity index (χ3n) is 3.02. The molecule has 21 heavy (non-hydrogen) atoms. The van der Waals surface area contributed by atoms with E-state index in [0.717, 1.165) is 32.2 Å². The van der Waals surface area contributed by atoms with Gasteiger partial charge >= 0.3 is 0 Å². The summed E-state index contributed by atoms with van der Waals surface area (Å²) in [6.45, 7) is 2.72. The van der Waals surface area contributed by atoms with Gasteiger partial charge in [-0.3, -0.25) is 0 Å². The zero-order valence-electron chi connectivity index (χ0n) is 11.5. The molecule has 0 radical (unpaired) electrons. The van der Waals surface area contributed by atoms with Crippen LogP contribution >= 0.6 is 27.3 Å². The Morgan fingerprint density at radius 3 is 2.76 bits per heavy atom. The van der Waals surface area contributed by atoms with E-state index >= 15 is 0 Å². The number of benzene rings is 1. The van der Waals surface area contributed by atoms with Gasteiger partial charge in [0.1, 0.15) is 4.60 Å². The summed E-state index contributed by atoms with van der Waals surface area (Å²) in [5, 5.41) is 6.57. The second-order valence-corrected chi connectivity index (χ2v) is 6.51. The predicted octanol–water partition coefficient (Wildman–Crippen LogP) is 4.89. The minimum Gasteiger partial charge on any atom is -0.379 e. The van der Waals surface area contributed by atoms with Crippen LogP contribution in [-0.4, -0.2) is 9.97 Å². The highest BCUT2D eigenvalue weighted by atomic mass is 79.9. The van der Waals surface area contributed by atoms with Crippen LogP contribution in [0.4, 0.5) is 5.69 Å². The smallest absolute Gasteiger partial charge is 0.106 e. The number of aryl methyl sites for hydroxylation is 1. The fourth-order valence-corrected chi connectivity index (χ4v) is 3.03. The Balaban J connectivity index is 1.74. The monoisotopic (exact) mass is 359 g/mol. The number of thiazole rings is 1. The summed E-state index contributed by atoms with van der Waals surface area (Å²) in [5.41, 5.74) is 4.23. The van der Waals surface area contributed by atoms with E-state index in [-0.39, 0.29) is 0 Å². The fourth-order valence-electron chi connectivity index (χ4n) is 2.03. The third kappa shape index (κ3) is 3.68. The van der Waals surface area contributed by atoms with Gasteiger partial charge in [-0.2, -0.15) is 0 Å². The first-order chi connectivity index (χ1) is 10.2. The zero-order valence-corrected chi connectivity index (χ0v) is 13.9. The number of nitrogens with one attached hydrogen (secondary N) is 1. The van der Waals surface area contributed by atoms with Crippen LogP contribution in [-0.2, 0) is 6.54 Å². The van der Waals surface area contributed by atoms with Crippen molar-refractivity contribution in [2.24, 2.45) is 0 Å². The van der Waals surface area contributed by atoms with E-state index < -0.39 is 0 Å². The van der Waals surface area contributed by atoms with E-state index in [2.05, 4.69) is 54.8 Å². The standard InChI is InChI=1S/C16H14BrN3S/c1-11-19-15(10-21-11)12-4-2-5-13(8-12)18-9-14-6-3-7-16(17)20-14/h2-8,10,18H,9H2,1H3. The minimum absolute atomic E-state index is 0.693. The molecule has 0 aliphatic rings. The summed E-state index contributed by atoms with van der Waals surface area (Å²) >= 11 is 5.06. The largest absolute Gasteiger partial charge is 0.379 e. The van der Waals surface area contributed by atoms with Crippen LogP contribution in [0.1, 0.15) is 10.7 Å². The maximum atomic E-state index is 4.52. The minimum atomic E-state index is 0.693. The molecule has 0 bridgehead atoms. The molecule has 5 heteroatoms. The summed E-state index contributed by atoms with van der Waals surface area (Å²) in [5.74, 6) is 0. The van der Waals surface area contributed by atoms with E-state index in [1.54, 1.807) is 11.3 Å². The van der Waals surface area contributed by atoms with Crippen molar-refractivity contribution in [3.63, 3.8) is 0 Å². The van der Waals surface area contributed by atoms with Crippen molar-refractivity contribution in [2.75, 3.05) is 5.32 Å². The average molecular weight is 360 g/mol. The van der Waals surface area contributed by atoms with Crippen molar-refractivity contribution >= 4 is 33.0 Å². The number of halogens is 1. The summed E-state index contributed by atoms with van der Waals surface area (Å²) in [6, 6.07) is 14.2. The Kier molecular flexibility index (Phi) is 4.31. The second-order valence-electron chi connectivity index (χ2n) is 4.64. The lowest BCUT2D eigenvalue weighted by molar-refractivity contribution is 1.03. The molecular weight excluding hydrogens is 346 g/mol. The second kappa shape index (κ2) is 6.37. The molecule has 0 unspecified atom stereocenters. The maximum absolute atomic E-state index is 4.52. The van der Waals surface area contributed by atoms with Gasteiger partial charge in [0.25, 0.3) is 0 Å². The number of nitrogens with zero attached hydrogens (tertiary/aromatic N) is 2. The van der Waals surface area contributed by atoms with Crippen LogP contribution in [0.5, 0.6) is 0 Å². The van der Waals surface area contributed by atoms with Crippen LogP contribution in [0.2, 0.25) is 0 Å². The Morgan fingerprint density at radius 2 is 2.00 bits per heavy atom. The average Bonchev–Trinajstić information content (AvgIpc) is 2.92. The van der Waals surface area contributed by atoms with Crippen molar-refractivity contribution in [2.45, 2.75) is 13.5 Å². The number of rotatable bonds is 4. The van der Waals surface area contributed by atoms with Crippen LogP contribution in [0, 0.1) is 6.92 Å². The van der Waals surface area contributed by atoms with E-state index in [1.807, 2.05) is 31.2 Å². The molecule has 0 fully saturated rings. The van der Waals surface area contributed by atoms with Gasteiger partial charge in [0.2, 0.25) is 0 Å². The van der Waals surface area contributed by atoms with Crippen LogP contribution in [0.15, 0.2) is 52.4 Å². The first kappa shape index (κ1) is 14.2. The van der Waals surface area contributed by atoms with E-state index in [0.29, 0.717) is 6.54 Å². The highest BCUT2D eigenvalue weighted by Crippen LogP contribution is 2.24. The third-order valence-corrected chi connectivity index (χ3v) is 4.24. The Morgan fingerprint density at radius 1 is 1.14 bits per heavy atom. The lowest BCUT2D eigenvalue weighted by Gasteiger charge is -2.07. The Labute approximate surface area is 136 Å². The molecule has 0 atom stereocenters. The molecule has 3 nitrogen and oxygen atoms in total. The van der Waals surface area contributed by atoms with Crippen LogP contribution < -0.4 is 5.32 Å². The highest BCUT2D eigenvalue weighted by molar-refractivity contribution is 9.10. The van der Waals surface area contributed by atoms with Crippen molar-refractivity contribution in [3.8, 4) is 11.3 Å². The number of hydrogen-bond donors (Lipinski definition) is 1. The van der Waals surface area contributed by atoms with Gasteiger partial charge in [-0.1, -0.05) is 18.2 Å². The van der Waals surface area contributed by atoms with Gasteiger partial charge in [-0.15, -0.1) is 11.3 Å². The molecule has 0 saturated carbocycles. The van der Waals surface area contributed by atoms with Gasteiger partial charge in [-0.25, -0.2) is 9.97 Å². The predicted molar refractivity (Wildman–Crippen MR) is 91.6 cm³/mol. The van der Waals surface area contributed by atoms with Gasteiger partial charge < -0.3 is 5.32 Å². The number of pyridine rings is 1. The summed E-state index contributed by atoms with van der Waals surface area (Å²) in [4.78, 5) is 8.94. The molecular formula is C16H14BrN3S. The maximum Gasteiger partial charge on any atom is 0.106 e. The molecule has 0 amide bonds.